The zero-order valence-electron chi connectivity index (χ0n) is 19.4. The second kappa shape index (κ2) is 10.5. The molecule has 1 aliphatic heterocycles. The lowest BCUT2D eigenvalue weighted by Gasteiger charge is -2.31. The number of esters is 1. The highest BCUT2D eigenvalue weighted by Gasteiger charge is 2.29. The fraction of sp³-hybridized carbons (Fsp3) is 0.480. The number of H-pyrrole nitrogens is 1. The van der Waals surface area contributed by atoms with E-state index in [0.29, 0.717) is 48.6 Å². The van der Waals surface area contributed by atoms with Crippen molar-refractivity contribution in [1.29, 1.82) is 0 Å². The van der Waals surface area contributed by atoms with Gasteiger partial charge in [0.25, 0.3) is 5.91 Å². The first-order valence-corrected chi connectivity index (χ1v) is 11.3. The summed E-state index contributed by atoms with van der Waals surface area (Å²) < 4.78 is 5.31. The highest BCUT2D eigenvalue weighted by molar-refractivity contribution is 6.00. The Hall–Kier alpha value is -3.09. The molecule has 3 rings (SSSR count). The minimum Gasteiger partial charge on any atom is -0.459 e. The van der Waals surface area contributed by atoms with Gasteiger partial charge >= 0.3 is 5.97 Å². The molecule has 1 aromatic carbocycles. The van der Waals surface area contributed by atoms with Gasteiger partial charge in [0.15, 0.2) is 0 Å². The summed E-state index contributed by atoms with van der Waals surface area (Å²) in [5.74, 6) is -0.215. The second-order valence-corrected chi connectivity index (χ2v) is 8.78. The van der Waals surface area contributed by atoms with E-state index >= 15 is 0 Å². The number of nitrogens with zero attached hydrogens (tertiary/aromatic N) is 1. The summed E-state index contributed by atoms with van der Waals surface area (Å²) in [6, 6.07) is 9.84. The summed E-state index contributed by atoms with van der Waals surface area (Å²) in [4.78, 5) is 42.7. The molecule has 2 aromatic rings. The topological polar surface area (TPSA) is 91.5 Å². The molecular formula is C25H33N3O4. The number of carbonyl (C=O) groups is 3. The quantitative estimate of drug-likeness (QED) is 0.643. The molecule has 172 valence electrons. The lowest BCUT2D eigenvalue weighted by atomic mass is 9.93. The van der Waals surface area contributed by atoms with Crippen LogP contribution in [0, 0.1) is 19.8 Å². The number of ether oxygens (including phenoxy) is 1. The molecule has 0 saturated carbocycles. The van der Waals surface area contributed by atoms with E-state index < -0.39 is 5.97 Å². The third kappa shape index (κ3) is 5.78. The Balaban J connectivity index is 1.52. The Morgan fingerprint density at radius 1 is 1.12 bits per heavy atom. The summed E-state index contributed by atoms with van der Waals surface area (Å²) in [5.41, 5.74) is 3.22. The first-order chi connectivity index (χ1) is 15.3. The number of aromatic nitrogens is 1. The van der Waals surface area contributed by atoms with Gasteiger partial charge in [-0.3, -0.25) is 9.59 Å². The molecule has 2 heterocycles. The summed E-state index contributed by atoms with van der Waals surface area (Å²) in [7, 11) is 0. The standard InChI is InChI=1S/C25H33N3O4/c1-16(2)32-25(31)22-17(3)23(27-18(22)4)24(30)28-12-10-19(11-13-28)14-21(29)26-15-20-8-6-5-7-9-20/h5-9,16,19,27H,10-15H2,1-4H3,(H,26,29). The highest BCUT2D eigenvalue weighted by Crippen LogP contribution is 2.25. The fourth-order valence-electron chi connectivity index (χ4n) is 4.17. The molecular weight excluding hydrogens is 406 g/mol. The van der Waals surface area contributed by atoms with Gasteiger partial charge < -0.3 is 19.9 Å². The van der Waals surface area contributed by atoms with Crippen LogP contribution in [0.3, 0.4) is 0 Å². The Morgan fingerprint density at radius 2 is 1.78 bits per heavy atom. The number of hydrogen-bond donors (Lipinski definition) is 2. The largest absolute Gasteiger partial charge is 0.459 e. The highest BCUT2D eigenvalue weighted by atomic mass is 16.5. The van der Waals surface area contributed by atoms with Gasteiger partial charge in [0.05, 0.1) is 11.7 Å². The maximum atomic E-state index is 13.1. The van der Waals surface area contributed by atoms with Crippen LogP contribution in [0.25, 0.3) is 0 Å². The zero-order chi connectivity index (χ0) is 23.3. The molecule has 1 saturated heterocycles. The van der Waals surface area contributed by atoms with Crippen molar-refractivity contribution in [2.24, 2.45) is 5.92 Å². The van der Waals surface area contributed by atoms with E-state index in [-0.39, 0.29) is 23.8 Å². The maximum absolute atomic E-state index is 13.1. The smallest absolute Gasteiger partial charge is 0.340 e. The predicted octanol–water partition coefficient (Wildman–Crippen LogP) is 3.76. The fourth-order valence-corrected chi connectivity index (χ4v) is 4.17. The normalized spacial score (nSPS) is 14.5. The van der Waals surface area contributed by atoms with Gasteiger partial charge in [0.1, 0.15) is 5.69 Å². The number of amides is 2. The van der Waals surface area contributed by atoms with Crippen molar-refractivity contribution in [3.05, 3.63) is 58.4 Å². The number of piperidine rings is 1. The van der Waals surface area contributed by atoms with Gasteiger partial charge in [-0.15, -0.1) is 0 Å². The first-order valence-electron chi connectivity index (χ1n) is 11.3. The van der Waals surface area contributed by atoms with Gasteiger partial charge in [0.2, 0.25) is 5.91 Å². The molecule has 2 amide bonds. The average molecular weight is 440 g/mol. The van der Waals surface area contributed by atoms with Crippen LogP contribution in [-0.2, 0) is 16.1 Å². The van der Waals surface area contributed by atoms with Crippen LogP contribution in [0.1, 0.15) is 70.8 Å². The Labute approximate surface area is 189 Å². The molecule has 1 aromatic heterocycles. The van der Waals surface area contributed by atoms with Crippen LogP contribution >= 0.6 is 0 Å². The Kier molecular flexibility index (Phi) is 7.72. The van der Waals surface area contributed by atoms with E-state index in [0.717, 1.165) is 18.4 Å². The average Bonchev–Trinajstić information content (AvgIpc) is 3.06. The van der Waals surface area contributed by atoms with E-state index in [1.54, 1.807) is 32.6 Å². The van der Waals surface area contributed by atoms with E-state index in [4.69, 9.17) is 4.74 Å². The minimum absolute atomic E-state index is 0.0442. The van der Waals surface area contributed by atoms with E-state index in [2.05, 4.69) is 10.3 Å². The molecule has 0 radical (unpaired) electrons. The van der Waals surface area contributed by atoms with Gasteiger partial charge in [-0.2, -0.15) is 0 Å². The number of benzene rings is 1. The summed E-state index contributed by atoms with van der Waals surface area (Å²) in [6.45, 7) is 8.88. The molecule has 0 bridgehead atoms. The number of likely N-dealkylation sites (tertiary alicyclic amines) is 1. The molecule has 0 spiro atoms. The molecule has 0 aliphatic carbocycles. The molecule has 32 heavy (non-hydrogen) atoms. The van der Waals surface area contributed by atoms with Crippen LogP contribution in [0.5, 0.6) is 0 Å². The number of aryl methyl sites for hydroxylation is 1. The molecule has 1 fully saturated rings. The summed E-state index contributed by atoms with van der Waals surface area (Å²) in [5, 5.41) is 2.98. The summed E-state index contributed by atoms with van der Waals surface area (Å²) in [6.07, 6.45) is 1.82. The third-order valence-electron chi connectivity index (χ3n) is 5.91. The SMILES string of the molecule is Cc1[nH]c(C(=O)N2CCC(CC(=O)NCc3ccccc3)CC2)c(C)c1C(=O)OC(C)C. The molecule has 0 unspecified atom stereocenters. The number of nitrogens with one attached hydrogen (secondary N) is 2. The number of carbonyl (C=O) groups excluding carboxylic acids is 3. The van der Waals surface area contributed by atoms with Crippen LogP contribution in [0.4, 0.5) is 0 Å². The first kappa shape index (κ1) is 23.6. The van der Waals surface area contributed by atoms with Crippen LogP contribution in [0.2, 0.25) is 0 Å². The van der Waals surface area contributed by atoms with Crippen molar-refractivity contribution in [2.45, 2.75) is 59.6 Å². The van der Waals surface area contributed by atoms with Gasteiger partial charge in [-0.25, -0.2) is 4.79 Å². The maximum Gasteiger partial charge on any atom is 0.340 e. The molecule has 1 aliphatic rings. The van der Waals surface area contributed by atoms with Crippen molar-refractivity contribution in [3.63, 3.8) is 0 Å². The van der Waals surface area contributed by atoms with Crippen molar-refractivity contribution in [3.8, 4) is 0 Å². The molecule has 0 atom stereocenters. The van der Waals surface area contributed by atoms with Crippen molar-refractivity contribution < 1.29 is 19.1 Å². The summed E-state index contributed by atoms with van der Waals surface area (Å²) >= 11 is 0. The lowest BCUT2D eigenvalue weighted by molar-refractivity contribution is -0.122. The van der Waals surface area contributed by atoms with Crippen molar-refractivity contribution >= 4 is 17.8 Å². The number of rotatable bonds is 7. The molecule has 2 N–H and O–H groups in total. The van der Waals surface area contributed by atoms with Crippen LogP contribution < -0.4 is 5.32 Å². The van der Waals surface area contributed by atoms with E-state index in [1.807, 2.05) is 30.3 Å². The Morgan fingerprint density at radius 3 is 2.41 bits per heavy atom. The van der Waals surface area contributed by atoms with E-state index in [1.165, 1.54) is 0 Å². The third-order valence-corrected chi connectivity index (χ3v) is 5.91. The molecule has 7 nitrogen and oxygen atoms in total. The second-order valence-electron chi connectivity index (χ2n) is 8.78. The van der Waals surface area contributed by atoms with E-state index in [9.17, 15) is 14.4 Å². The van der Waals surface area contributed by atoms with Crippen molar-refractivity contribution in [1.82, 2.24) is 15.2 Å². The zero-order valence-corrected chi connectivity index (χ0v) is 19.4. The Bertz CT molecular complexity index is 957. The van der Waals surface area contributed by atoms with Gasteiger partial charge in [-0.05, 0) is 57.6 Å². The lowest BCUT2D eigenvalue weighted by Crippen LogP contribution is -2.40. The van der Waals surface area contributed by atoms with Gasteiger partial charge in [0, 0.05) is 31.7 Å². The van der Waals surface area contributed by atoms with Crippen LogP contribution in [0.15, 0.2) is 30.3 Å². The predicted molar refractivity (Wildman–Crippen MR) is 122 cm³/mol. The number of aromatic amines is 1. The molecule has 7 heteroatoms. The van der Waals surface area contributed by atoms with Crippen LogP contribution in [-0.4, -0.2) is 46.9 Å². The monoisotopic (exact) mass is 439 g/mol. The van der Waals surface area contributed by atoms with Crippen molar-refractivity contribution in [2.75, 3.05) is 13.1 Å². The minimum atomic E-state index is -0.412. The van der Waals surface area contributed by atoms with Gasteiger partial charge in [-0.1, -0.05) is 30.3 Å². The number of hydrogen-bond acceptors (Lipinski definition) is 4.